The van der Waals surface area contributed by atoms with Crippen LogP contribution < -0.4 is 0 Å². The van der Waals surface area contributed by atoms with Gasteiger partial charge in [-0.25, -0.2) is 4.85 Å². The maximum absolute atomic E-state index is 10.3. The van der Waals surface area contributed by atoms with Crippen molar-refractivity contribution in [3.8, 4) is 39.9 Å². The van der Waals surface area contributed by atoms with Crippen LogP contribution in [0.25, 0.3) is 126 Å². The number of nitriles is 1. The summed E-state index contributed by atoms with van der Waals surface area (Å²) in [6.45, 7) is 11.4. The molecule has 0 amide bonds. The maximum Gasteiger partial charge on any atom is 0.234 e. The summed E-state index contributed by atoms with van der Waals surface area (Å²) in [7, 11) is 0. The first-order valence-electron chi connectivity index (χ1n) is 23.2. The molecule has 6 heteroatoms. The van der Waals surface area contributed by atoms with Gasteiger partial charge >= 0.3 is 0 Å². The largest absolute Gasteiger partial charge is 0.319 e. The van der Waals surface area contributed by atoms with Crippen molar-refractivity contribution in [2.24, 2.45) is 0 Å². The van der Waals surface area contributed by atoms with Crippen LogP contribution in [-0.2, 0) is 0 Å². The molecule has 14 aromatic rings. The normalized spacial score (nSPS) is 11.8. The molecule has 10 aromatic carbocycles. The number of aromatic nitrogens is 4. The number of hydrogen-bond donors (Lipinski definition) is 0. The standard InChI is InChI=1S/C63H38N6/c1-39-33-40(38-64)35-41(34-39)44-31-32-59(68-57-25-13-7-19-49(57)51-29-27-42(36-60(51)68)66-53-21-9-3-15-45(53)46-16-4-10-22-54(46)66)62(65-2)63(44)69-58-26-14-8-20-50(58)52-30-28-43(37-61(52)69)67-55-23-11-5-17-47(55)48-18-6-12-24-56(48)67/h3-37H,1H3. The number of nitrogens with zero attached hydrogens (tertiary/aromatic N) is 6. The summed E-state index contributed by atoms with van der Waals surface area (Å²) in [5.41, 5.74) is 15.9. The lowest BCUT2D eigenvalue weighted by molar-refractivity contribution is 1.13. The Balaban J connectivity index is 1.11. The Kier molecular flexibility index (Phi) is 8.23. The average molecular weight is 879 g/mol. The topological polar surface area (TPSA) is 47.9 Å². The number of fused-ring (bicyclic) bond motifs is 12. The van der Waals surface area contributed by atoms with Crippen molar-refractivity contribution in [2.45, 2.75) is 6.92 Å². The molecule has 0 bridgehead atoms. The summed E-state index contributed by atoms with van der Waals surface area (Å²) in [6.07, 6.45) is 0. The number of aryl methyl sites for hydroxylation is 1. The minimum absolute atomic E-state index is 0.502. The molecule has 0 unspecified atom stereocenters. The van der Waals surface area contributed by atoms with E-state index in [2.05, 4.69) is 229 Å². The van der Waals surface area contributed by atoms with Crippen LogP contribution in [-0.4, -0.2) is 18.3 Å². The molecule has 0 saturated heterocycles. The van der Waals surface area contributed by atoms with Gasteiger partial charge in [-0.3, -0.25) is 0 Å². The fourth-order valence-electron chi connectivity index (χ4n) is 11.4. The summed E-state index contributed by atoms with van der Waals surface area (Å²) in [4.78, 5) is 4.60. The Morgan fingerprint density at radius 3 is 1.22 bits per heavy atom. The highest BCUT2D eigenvalue weighted by Gasteiger charge is 2.26. The van der Waals surface area contributed by atoms with Crippen molar-refractivity contribution in [2.75, 3.05) is 0 Å². The Hall–Kier alpha value is -9.62. The zero-order valence-corrected chi connectivity index (χ0v) is 37.4. The zero-order chi connectivity index (χ0) is 45.9. The van der Waals surface area contributed by atoms with E-state index in [9.17, 15) is 11.8 Å². The maximum atomic E-state index is 10.3. The Morgan fingerprint density at radius 1 is 0.391 bits per heavy atom. The number of rotatable bonds is 5. The summed E-state index contributed by atoms with van der Waals surface area (Å²) in [5.74, 6) is 0. The van der Waals surface area contributed by atoms with Crippen LogP contribution in [0.3, 0.4) is 0 Å². The molecular weight excluding hydrogens is 841 g/mol. The van der Waals surface area contributed by atoms with Crippen LogP contribution in [0, 0.1) is 24.8 Å². The molecule has 0 aliphatic heterocycles. The molecule has 69 heavy (non-hydrogen) atoms. The van der Waals surface area contributed by atoms with Crippen LogP contribution in [0.1, 0.15) is 11.1 Å². The highest BCUT2D eigenvalue weighted by atomic mass is 15.1. The van der Waals surface area contributed by atoms with E-state index in [1.165, 1.54) is 21.5 Å². The lowest BCUT2D eigenvalue weighted by atomic mass is 9.97. The van der Waals surface area contributed by atoms with Crippen LogP contribution in [0.4, 0.5) is 5.69 Å². The number of hydrogen-bond acceptors (Lipinski definition) is 1. The van der Waals surface area contributed by atoms with E-state index < -0.39 is 0 Å². The smallest absolute Gasteiger partial charge is 0.234 e. The van der Waals surface area contributed by atoms with E-state index >= 15 is 0 Å². The third-order valence-corrected chi connectivity index (χ3v) is 14.2. The second-order valence-electron chi connectivity index (χ2n) is 18.0. The van der Waals surface area contributed by atoms with Crippen molar-refractivity contribution in [1.29, 1.82) is 5.26 Å². The molecule has 0 radical (unpaired) electrons. The molecule has 14 rings (SSSR count). The van der Waals surface area contributed by atoms with Gasteiger partial charge in [-0.1, -0.05) is 133 Å². The molecule has 4 aromatic heterocycles. The van der Waals surface area contributed by atoms with E-state index in [0.29, 0.717) is 11.3 Å². The van der Waals surface area contributed by atoms with Crippen molar-refractivity contribution < 1.29 is 0 Å². The van der Waals surface area contributed by atoms with Gasteiger partial charge in [0, 0.05) is 54.5 Å². The monoisotopic (exact) mass is 878 g/mol. The van der Waals surface area contributed by atoms with Gasteiger partial charge < -0.3 is 18.3 Å². The third kappa shape index (κ3) is 5.52. The molecule has 320 valence electrons. The van der Waals surface area contributed by atoms with Gasteiger partial charge in [-0.15, -0.1) is 0 Å². The number of benzene rings is 10. The molecular formula is C63H38N6. The molecule has 0 aliphatic rings. The second kappa shape index (κ2) is 14.7. The van der Waals surface area contributed by atoms with Crippen molar-refractivity contribution in [3.05, 3.63) is 235 Å². The zero-order valence-electron chi connectivity index (χ0n) is 37.4. The molecule has 0 spiro atoms. The number of para-hydroxylation sites is 6. The predicted octanol–water partition coefficient (Wildman–Crippen LogP) is 16.5. The molecule has 4 heterocycles. The predicted molar refractivity (Wildman–Crippen MR) is 285 cm³/mol. The second-order valence-corrected chi connectivity index (χ2v) is 18.0. The van der Waals surface area contributed by atoms with E-state index in [4.69, 9.17) is 0 Å². The van der Waals surface area contributed by atoms with E-state index in [0.717, 1.165) is 105 Å². The molecule has 0 saturated carbocycles. The quantitative estimate of drug-likeness (QED) is 0.159. The first kappa shape index (κ1) is 38.6. The molecule has 0 fully saturated rings. The van der Waals surface area contributed by atoms with Gasteiger partial charge in [0.25, 0.3) is 0 Å². The third-order valence-electron chi connectivity index (χ3n) is 14.2. The van der Waals surface area contributed by atoms with Crippen LogP contribution in [0.15, 0.2) is 212 Å². The minimum Gasteiger partial charge on any atom is -0.319 e. The van der Waals surface area contributed by atoms with Crippen molar-refractivity contribution in [3.63, 3.8) is 0 Å². The Labute approximate surface area is 396 Å². The molecule has 0 aliphatic carbocycles. The Morgan fingerprint density at radius 2 is 0.783 bits per heavy atom. The van der Waals surface area contributed by atoms with Crippen LogP contribution in [0.2, 0.25) is 0 Å². The molecule has 6 nitrogen and oxygen atoms in total. The first-order valence-corrected chi connectivity index (χ1v) is 23.2. The van der Waals surface area contributed by atoms with Gasteiger partial charge in [0.2, 0.25) is 5.69 Å². The average Bonchev–Trinajstić information content (AvgIpc) is 4.12. The van der Waals surface area contributed by atoms with Crippen molar-refractivity contribution in [1.82, 2.24) is 18.3 Å². The lowest BCUT2D eigenvalue weighted by Crippen LogP contribution is -2.03. The van der Waals surface area contributed by atoms with Gasteiger partial charge in [0.15, 0.2) is 0 Å². The highest BCUT2D eigenvalue weighted by molar-refractivity contribution is 6.15. The Bertz CT molecular complexity index is 4490. The molecule has 0 atom stereocenters. The lowest BCUT2D eigenvalue weighted by Gasteiger charge is -2.21. The summed E-state index contributed by atoms with van der Waals surface area (Å²) in [6, 6.07) is 77.6. The van der Waals surface area contributed by atoms with Crippen molar-refractivity contribution >= 4 is 92.9 Å². The summed E-state index contributed by atoms with van der Waals surface area (Å²) in [5, 5.41) is 19.5. The van der Waals surface area contributed by atoms with Crippen LogP contribution in [0.5, 0.6) is 0 Å². The first-order chi connectivity index (χ1) is 34.1. The van der Waals surface area contributed by atoms with Gasteiger partial charge in [0.05, 0.1) is 73.7 Å². The summed E-state index contributed by atoms with van der Waals surface area (Å²) < 4.78 is 9.30. The fraction of sp³-hybridized carbons (Fsp3) is 0.0159. The summed E-state index contributed by atoms with van der Waals surface area (Å²) >= 11 is 0. The van der Waals surface area contributed by atoms with E-state index in [1.807, 2.05) is 19.1 Å². The fourth-order valence-corrected chi connectivity index (χ4v) is 11.4. The van der Waals surface area contributed by atoms with E-state index in [-0.39, 0.29) is 0 Å². The van der Waals surface area contributed by atoms with Gasteiger partial charge in [-0.05, 0) is 102 Å². The minimum atomic E-state index is 0.502. The molecule has 0 N–H and O–H groups in total. The highest BCUT2D eigenvalue weighted by Crippen LogP contribution is 2.47. The van der Waals surface area contributed by atoms with Gasteiger partial charge in [0.1, 0.15) is 0 Å². The van der Waals surface area contributed by atoms with E-state index in [1.54, 1.807) is 0 Å². The van der Waals surface area contributed by atoms with Crippen LogP contribution >= 0.6 is 0 Å². The SMILES string of the molecule is [C-]#[N+]c1c(-n2c3ccccc3c3ccc(-n4c5ccccc5c5ccccc54)cc32)ccc(-c2cc(C)cc(C#N)c2)c1-n1c2ccccc2c2ccc(-n3c4ccccc4c4ccccc43)cc21. The van der Waals surface area contributed by atoms with Gasteiger partial charge in [-0.2, -0.15) is 5.26 Å².